The molecule has 1 nitrogen and oxygen atoms in total. The van der Waals surface area contributed by atoms with Gasteiger partial charge in [-0.1, -0.05) is 36.6 Å². The highest BCUT2D eigenvalue weighted by molar-refractivity contribution is 5.30. The zero-order valence-corrected chi connectivity index (χ0v) is 10.7. The van der Waals surface area contributed by atoms with Crippen molar-refractivity contribution in [2.24, 2.45) is 5.92 Å². The Morgan fingerprint density at radius 1 is 1.31 bits per heavy atom. The van der Waals surface area contributed by atoms with Crippen LogP contribution in [0.4, 0.5) is 0 Å². The number of hydrogen-bond donors (Lipinski definition) is 1. The first kappa shape index (κ1) is 11.7. The highest BCUT2D eigenvalue weighted by Gasteiger charge is 2.23. The quantitative estimate of drug-likeness (QED) is 0.795. The second kappa shape index (κ2) is 5.01. The van der Waals surface area contributed by atoms with E-state index in [9.17, 15) is 0 Å². The largest absolute Gasteiger partial charge is 0.310 e. The third kappa shape index (κ3) is 3.34. The predicted molar refractivity (Wildman–Crippen MR) is 69.6 cm³/mol. The first-order valence-corrected chi connectivity index (χ1v) is 6.44. The fourth-order valence-electron chi connectivity index (χ4n) is 2.27. The molecule has 1 aliphatic carbocycles. The number of hydrogen-bond acceptors (Lipinski definition) is 1. The van der Waals surface area contributed by atoms with Gasteiger partial charge in [-0.15, -0.1) is 0 Å². The molecule has 0 heterocycles. The van der Waals surface area contributed by atoms with Gasteiger partial charge in [0.15, 0.2) is 0 Å². The van der Waals surface area contributed by atoms with Gasteiger partial charge in [0.05, 0.1) is 0 Å². The van der Waals surface area contributed by atoms with Crippen molar-refractivity contribution in [3.63, 3.8) is 0 Å². The normalized spacial score (nSPS) is 17.4. The fourth-order valence-corrected chi connectivity index (χ4v) is 2.27. The fraction of sp³-hybridized carbons (Fsp3) is 0.600. The molecule has 0 radical (unpaired) electrons. The van der Waals surface area contributed by atoms with Crippen molar-refractivity contribution in [2.75, 3.05) is 0 Å². The standard InChI is InChI=1S/C15H23N/c1-11-4-7-15(12(2)8-11)10-16-13(3)9-14-5-6-14/h4,7-8,13-14,16H,5-6,9-10H2,1-3H3. The minimum Gasteiger partial charge on any atom is -0.310 e. The summed E-state index contributed by atoms with van der Waals surface area (Å²) < 4.78 is 0. The second-order valence-electron chi connectivity index (χ2n) is 5.39. The van der Waals surface area contributed by atoms with Crippen LogP contribution in [0.15, 0.2) is 18.2 Å². The van der Waals surface area contributed by atoms with Gasteiger partial charge in [-0.2, -0.15) is 0 Å². The molecular weight excluding hydrogens is 194 g/mol. The van der Waals surface area contributed by atoms with Crippen molar-refractivity contribution in [3.8, 4) is 0 Å². The topological polar surface area (TPSA) is 12.0 Å². The molecule has 1 aliphatic rings. The highest BCUT2D eigenvalue weighted by atomic mass is 14.9. The van der Waals surface area contributed by atoms with Gasteiger partial charge in [-0.05, 0) is 44.2 Å². The second-order valence-corrected chi connectivity index (χ2v) is 5.39. The summed E-state index contributed by atoms with van der Waals surface area (Å²) >= 11 is 0. The molecule has 1 atom stereocenters. The Balaban J connectivity index is 1.83. The molecule has 1 fully saturated rings. The zero-order chi connectivity index (χ0) is 11.5. The summed E-state index contributed by atoms with van der Waals surface area (Å²) in [5.74, 6) is 1.02. The maximum Gasteiger partial charge on any atom is 0.0210 e. The van der Waals surface area contributed by atoms with Crippen molar-refractivity contribution in [2.45, 2.75) is 52.6 Å². The van der Waals surface area contributed by atoms with E-state index in [1.165, 1.54) is 36.0 Å². The Labute approximate surface area is 99.3 Å². The van der Waals surface area contributed by atoms with Crippen molar-refractivity contribution < 1.29 is 0 Å². The predicted octanol–water partition coefficient (Wildman–Crippen LogP) is 3.58. The minimum atomic E-state index is 0.660. The summed E-state index contributed by atoms with van der Waals surface area (Å²) in [5, 5.41) is 3.63. The van der Waals surface area contributed by atoms with Crippen LogP contribution in [0.25, 0.3) is 0 Å². The van der Waals surface area contributed by atoms with Gasteiger partial charge in [0.1, 0.15) is 0 Å². The van der Waals surface area contributed by atoms with E-state index in [-0.39, 0.29) is 0 Å². The van der Waals surface area contributed by atoms with Gasteiger partial charge in [0.2, 0.25) is 0 Å². The van der Waals surface area contributed by atoms with Gasteiger partial charge >= 0.3 is 0 Å². The van der Waals surface area contributed by atoms with Crippen LogP contribution in [0.2, 0.25) is 0 Å². The van der Waals surface area contributed by atoms with Crippen LogP contribution in [-0.4, -0.2) is 6.04 Å². The molecular formula is C15H23N. The maximum absolute atomic E-state index is 3.63. The summed E-state index contributed by atoms with van der Waals surface area (Å²) in [7, 11) is 0. The Hall–Kier alpha value is -0.820. The molecule has 1 aromatic rings. The van der Waals surface area contributed by atoms with Crippen molar-refractivity contribution >= 4 is 0 Å². The Morgan fingerprint density at radius 2 is 2.06 bits per heavy atom. The van der Waals surface area contributed by atoms with Crippen molar-refractivity contribution in [1.82, 2.24) is 5.32 Å². The third-order valence-corrected chi connectivity index (χ3v) is 3.52. The van der Waals surface area contributed by atoms with E-state index in [1.807, 2.05) is 0 Å². The molecule has 0 amide bonds. The zero-order valence-electron chi connectivity index (χ0n) is 10.7. The molecule has 1 unspecified atom stereocenters. The number of aryl methyl sites for hydroxylation is 2. The SMILES string of the molecule is Cc1ccc(CNC(C)CC2CC2)c(C)c1. The summed E-state index contributed by atoms with van der Waals surface area (Å²) in [6.45, 7) is 7.68. The Bertz CT molecular complexity index is 352. The van der Waals surface area contributed by atoms with E-state index in [4.69, 9.17) is 0 Å². The van der Waals surface area contributed by atoms with Crippen molar-refractivity contribution in [3.05, 3.63) is 34.9 Å². The van der Waals surface area contributed by atoms with Crippen LogP contribution in [0.1, 0.15) is 42.9 Å². The summed E-state index contributed by atoms with van der Waals surface area (Å²) in [6, 6.07) is 7.38. The molecule has 0 aromatic heterocycles. The molecule has 16 heavy (non-hydrogen) atoms. The summed E-state index contributed by atoms with van der Waals surface area (Å²) in [4.78, 5) is 0. The van der Waals surface area contributed by atoms with E-state index in [2.05, 4.69) is 44.3 Å². The molecule has 1 aromatic carbocycles. The number of benzene rings is 1. The van der Waals surface area contributed by atoms with E-state index < -0.39 is 0 Å². The molecule has 2 rings (SSSR count). The highest BCUT2D eigenvalue weighted by Crippen LogP contribution is 2.33. The van der Waals surface area contributed by atoms with Crippen LogP contribution in [0.3, 0.4) is 0 Å². The lowest BCUT2D eigenvalue weighted by molar-refractivity contribution is 0.487. The lowest BCUT2D eigenvalue weighted by Crippen LogP contribution is -2.26. The van der Waals surface area contributed by atoms with E-state index in [1.54, 1.807) is 0 Å². The van der Waals surface area contributed by atoms with Gasteiger partial charge in [-0.3, -0.25) is 0 Å². The maximum atomic E-state index is 3.63. The van der Waals surface area contributed by atoms with Crippen LogP contribution < -0.4 is 5.32 Å². The molecule has 0 saturated heterocycles. The molecule has 88 valence electrons. The van der Waals surface area contributed by atoms with Crippen LogP contribution >= 0.6 is 0 Å². The third-order valence-electron chi connectivity index (χ3n) is 3.52. The average molecular weight is 217 g/mol. The minimum absolute atomic E-state index is 0.660. The molecule has 1 heteroatoms. The van der Waals surface area contributed by atoms with Gasteiger partial charge in [0.25, 0.3) is 0 Å². The first-order chi connectivity index (χ1) is 7.65. The molecule has 0 aliphatic heterocycles. The lowest BCUT2D eigenvalue weighted by atomic mass is 10.1. The van der Waals surface area contributed by atoms with E-state index in [0.29, 0.717) is 6.04 Å². The lowest BCUT2D eigenvalue weighted by Gasteiger charge is -2.14. The Morgan fingerprint density at radius 3 is 2.69 bits per heavy atom. The van der Waals surface area contributed by atoms with Gasteiger partial charge in [-0.25, -0.2) is 0 Å². The number of rotatable bonds is 5. The Kier molecular flexibility index (Phi) is 3.65. The van der Waals surface area contributed by atoms with E-state index in [0.717, 1.165) is 12.5 Å². The summed E-state index contributed by atoms with van der Waals surface area (Å²) in [6.07, 6.45) is 4.26. The van der Waals surface area contributed by atoms with Gasteiger partial charge in [0, 0.05) is 12.6 Å². The number of nitrogens with one attached hydrogen (secondary N) is 1. The van der Waals surface area contributed by atoms with Crippen LogP contribution in [-0.2, 0) is 6.54 Å². The van der Waals surface area contributed by atoms with E-state index >= 15 is 0 Å². The van der Waals surface area contributed by atoms with Crippen LogP contribution in [0, 0.1) is 19.8 Å². The molecule has 0 bridgehead atoms. The molecule has 1 saturated carbocycles. The summed E-state index contributed by atoms with van der Waals surface area (Å²) in [5.41, 5.74) is 4.20. The first-order valence-electron chi connectivity index (χ1n) is 6.44. The van der Waals surface area contributed by atoms with Crippen molar-refractivity contribution in [1.29, 1.82) is 0 Å². The molecule has 0 spiro atoms. The average Bonchev–Trinajstić information content (AvgIpc) is 3.00. The monoisotopic (exact) mass is 217 g/mol. The smallest absolute Gasteiger partial charge is 0.0210 e. The molecule has 1 N–H and O–H groups in total. The van der Waals surface area contributed by atoms with Gasteiger partial charge < -0.3 is 5.32 Å². The van der Waals surface area contributed by atoms with Crippen LogP contribution in [0.5, 0.6) is 0 Å².